The molecule has 0 saturated carbocycles. The minimum atomic E-state index is -2.05. The summed E-state index contributed by atoms with van der Waals surface area (Å²) in [5.74, 6) is -2.54. The van der Waals surface area contributed by atoms with Gasteiger partial charge < -0.3 is 9.47 Å². The van der Waals surface area contributed by atoms with E-state index in [-0.39, 0.29) is 12.1 Å². The highest BCUT2D eigenvalue weighted by atomic mass is 16.7. The van der Waals surface area contributed by atoms with Crippen LogP contribution in [0.4, 0.5) is 5.69 Å². The van der Waals surface area contributed by atoms with E-state index in [2.05, 4.69) is 0 Å². The van der Waals surface area contributed by atoms with Gasteiger partial charge in [-0.1, -0.05) is 13.8 Å². The van der Waals surface area contributed by atoms with Crippen molar-refractivity contribution >= 4 is 11.6 Å². The molecule has 0 radical (unpaired) electrons. The van der Waals surface area contributed by atoms with Crippen molar-refractivity contribution in [3.8, 4) is 18.2 Å². The second-order valence-electron chi connectivity index (χ2n) is 6.62. The number of ether oxygens (including phenoxy) is 2. The SMILES string of the molecule is CC[C@]12OC(=N)[C@@](C#N)([C@@H]1C)C(C#N)(C#N)[C@@H](c1ccc([N+](=O)[O-])cc1)O2. The summed E-state index contributed by atoms with van der Waals surface area (Å²) in [6, 6.07) is 11.1. The average Bonchev–Trinajstić information content (AvgIpc) is 2.84. The van der Waals surface area contributed by atoms with Crippen LogP contribution in [0, 0.1) is 66.3 Å². The first-order valence-corrected chi connectivity index (χ1v) is 8.22. The molecule has 2 saturated heterocycles. The molecule has 0 aromatic heterocycles. The zero-order valence-electron chi connectivity index (χ0n) is 14.6. The molecule has 2 aliphatic rings. The first kappa shape index (κ1) is 18.3. The number of hydrogen-bond donors (Lipinski definition) is 1. The van der Waals surface area contributed by atoms with E-state index < -0.39 is 39.5 Å². The van der Waals surface area contributed by atoms with Gasteiger partial charge in [0, 0.05) is 18.6 Å². The summed E-state index contributed by atoms with van der Waals surface area (Å²) in [6.45, 7) is 3.39. The molecule has 2 bridgehead atoms. The number of hydrogen-bond acceptors (Lipinski definition) is 8. The van der Waals surface area contributed by atoms with Gasteiger partial charge in [-0.2, -0.15) is 15.8 Å². The van der Waals surface area contributed by atoms with E-state index in [4.69, 9.17) is 14.9 Å². The maximum absolute atomic E-state index is 10.9. The predicted molar refractivity (Wildman–Crippen MR) is 89.6 cm³/mol. The van der Waals surface area contributed by atoms with E-state index in [0.29, 0.717) is 5.56 Å². The van der Waals surface area contributed by atoms with Gasteiger partial charge >= 0.3 is 0 Å². The number of non-ortho nitro benzene ring substituents is 1. The fraction of sp³-hybridized carbons (Fsp3) is 0.444. The number of rotatable bonds is 3. The Morgan fingerprint density at radius 3 is 2.26 bits per heavy atom. The molecule has 1 aromatic rings. The van der Waals surface area contributed by atoms with Crippen molar-refractivity contribution < 1.29 is 14.4 Å². The summed E-state index contributed by atoms with van der Waals surface area (Å²) < 4.78 is 11.7. The highest BCUT2D eigenvalue weighted by molar-refractivity contribution is 5.89. The van der Waals surface area contributed by atoms with Crippen molar-refractivity contribution in [2.24, 2.45) is 16.7 Å². The first-order valence-electron chi connectivity index (χ1n) is 8.22. The molecule has 1 N–H and O–H groups in total. The first-order chi connectivity index (χ1) is 12.8. The van der Waals surface area contributed by atoms with E-state index in [1.165, 1.54) is 24.3 Å². The molecule has 0 aliphatic carbocycles. The van der Waals surface area contributed by atoms with E-state index in [1.807, 2.05) is 18.2 Å². The maximum atomic E-state index is 10.9. The van der Waals surface area contributed by atoms with Gasteiger partial charge in [-0.05, 0) is 17.7 Å². The van der Waals surface area contributed by atoms with Crippen molar-refractivity contribution in [2.45, 2.75) is 32.2 Å². The highest BCUT2D eigenvalue weighted by Gasteiger charge is 2.78. The zero-order valence-corrected chi connectivity index (χ0v) is 14.6. The molecule has 2 heterocycles. The number of nitrogens with zero attached hydrogens (tertiary/aromatic N) is 4. The lowest BCUT2D eigenvalue weighted by Gasteiger charge is -2.48. The lowest BCUT2D eigenvalue weighted by atomic mass is 9.53. The molecular weight excluding hydrogens is 350 g/mol. The lowest BCUT2D eigenvalue weighted by molar-refractivity contribution is -0.384. The molecule has 9 nitrogen and oxygen atoms in total. The van der Waals surface area contributed by atoms with Gasteiger partial charge in [0.05, 0.1) is 29.0 Å². The molecule has 0 amide bonds. The lowest BCUT2D eigenvalue weighted by Crippen LogP contribution is -2.58. The van der Waals surface area contributed by atoms with Crippen LogP contribution in [-0.4, -0.2) is 16.6 Å². The Bertz CT molecular complexity index is 940. The fourth-order valence-corrected chi connectivity index (χ4v) is 4.11. The van der Waals surface area contributed by atoms with Crippen LogP contribution in [0.15, 0.2) is 24.3 Å². The number of nitrogens with one attached hydrogen (secondary N) is 1. The Balaban J connectivity index is 2.27. The Labute approximate surface area is 155 Å². The van der Waals surface area contributed by atoms with Crippen LogP contribution in [0.3, 0.4) is 0 Å². The third-order valence-corrected chi connectivity index (χ3v) is 5.70. The molecule has 27 heavy (non-hydrogen) atoms. The van der Waals surface area contributed by atoms with Gasteiger partial charge in [0.2, 0.25) is 17.1 Å². The standard InChI is InChI=1S/C18H15N5O4/c1-3-18-11(2)17(10-21,15(22)27-18)16(8-19,9-20)14(26-18)12-4-6-13(7-5-12)23(24)25/h4-7,11,14,22H,3H2,1-2H3/t11-,14+,17+,18-/m0/s1. The minimum Gasteiger partial charge on any atom is -0.447 e. The number of fused-ring (bicyclic) bond motifs is 2. The van der Waals surface area contributed by atoms with Crippen LogP contribution >= 0.6 is 0 Å². The molecular formula is C18H15N5O4. The van der Waals surface area contributed by atoms with Gasteiger partial charge in [-0.25, -0.2) is 0 Å². The Morgan fingerprint density at radius 2 is 1.81 bits per heavy atom. The summed E-state index contributed by atoms with van der Waals surface area (Å²) in [7, 11) is 0. The van der Waals surface area contributed by atoms with Gasteiger partial charge in [-0.3, -0.25) is 15.5 Å². The quantitative estimate of drug-likeness (QED) is 0.637. The van der Waals surface area contributed by atoms with Crippen LogP contribution in [-0.2, 0) is 9.47 Å². The van der Waals surface area contributed by atoms with Crippen LogP contribution < -0.4 is 0 Å². The van der Waals surface area contributed by atoms with Crippen LogP contribution in [0.1, 0.15) is 31.9 Å². The Kier molecular flexibility index (Phi) is 3.91. The van der Waals surface area contributed by atoms with Gasteiger partial charge in [0.25, 0.3) is 5.69 Å². The molecule has 4 atom stereocenters. The predicted octanol–water partition coefficient (Wildman–Crippen LogP) is 2.96. The summed E-state index contributed by atoms with van der Waals surface area (Å²) in [5.41, 5.74) is -3.71. The van der Waals surface area contributed by atoms with Gasteiger partial charge in [0.1, 0.15) is 6.10 Å². The van der Waals surface area contributed by atoms with E-state index in [9.17, 15) is 25.9 Å². The molecule has 0 spiro atoms. The number of benzene rings is 1. The monoisotopic (exact) mass is 365 g/mol. The summed E-state index contributed by atoms with van der Waals surface area (Å²) in [5, 5.41) is 49.1. The largest absolute Gasteiger partial charge is 0.447 e. The van der Waals surface area contributed by atoms with Crippen molar-refractivity contribution in [3.63, 3.8) is 0 Å². The van der Waals surface area contributed by atoms with Crippen molar-refractivity contribution in [3.05, 3.63) is 39.9 Å². The summed E-state index contributed by atoms with van der Waals surface area (Å²) >= 11 is 0. The van der Waals surface area contributed by atoms with E-state index >= 15 is 0 Å². The Hall–Kier alpha value is -3.48. The molecule has 3 rings (SSSR count). The van der Waals surface area contributed by atoms with Crippen molar-refractivity contribution in [1.82, 2.24) is 0 Å². The van der Waals surface area contributed by atoms with Crippen molar-refractivity contribution in [1.29, 1.82) is 21.2 Å². The topological polar surface area (TPSA) is 157 Å². The summed E-state index contributed by atoms with van der Waals surface area (Å²) in [6.07, 6.45) is -0.928. The smallest absolute Gasteiger partial charge is 0.269 e. The van der Waals surface area contributed by atoms with E-state index in [1.54, 1.807) is 13.8 Å². The molecule has 136 valence electrons. The molecule has 2 aliphatic heterocycles. The third kappa shape index (κ3) is 1.96. The maximum Gasteiger partial charge on any atom is 0.269 e. The molecule has 0 unspecified atom stereocenters. The van der Waals surface area contributed by atoms with Gasteiger partial charge in [-0.15, -0.1) is 0 Å². The Morgan fingerprint density at radius 1 is 1.22 bits per heavy atom. The van der Waals surface area contributed by atoms with Crippen LogP contribution in [0.25, 0.3) is 0 Å². The van der Waals surface area contributed by atoms with Crippen LogP contribution in [0.2, 0.25) is 0 Å². The zero-order chi connectivity index (χ0) is 20.0. The normalized spacial score (nSPS) is 33.2. The highest BCUT2D eigenvalue weighted by Crippen LogP contribution is 2.66. The average molecular weight is 365 g/mol. The molecule has 2 fully saturated rings. The molecule has 9 heteroatoms. The molecule has 1 aromatic carbocycles. The third-order valence-electron chi connectivity index (χ3n) is 5.70. The number of nitro groups is 1. The summed E-state index contributed by atoms with van der Waals surface area (Å²) in [4.78, 5) is 10.3. The second-order valence-corrected chi connectivity index (χ2v) is 6.62. The second kappa shape index (κ2) is 5.77. The van der Waals surface area contributed by atoms with Crippen LogP contribution in [0.5, 0.6) is 0 Å². The minimum absolute atomic E-state index is 0.158. The van der Waals surface area contributed by atoms with Gasteiger partial charge in [0.15, 0.2) is 5.41 Å². The van der Waals surface area contributed by atoms with E-state index in [0.717, 1.165) is 0 Å². The fourth-order valence-electron chi connectivity index (χ4n) is 4.11. The number of nitro benzene ring substituents is 1. The number of nitriles is 3. The van der Waals surface area contributed by atoms with Crippen molar-refractivity contribution in [2.75, 3.05) is 0 Å².